The molecular formula is C25H18FNO3. The number of benzene rings is 3. The molecule has 0 spiro atoms. The number of imide groups is 1. The SMILES string of the molecule is O=C1C2C3c4ccccc4C(CO)(c4ccccc43)C2C(=O)N1c1ccc(F)cc1. The number of carbonyl (C=O) groups is 2. The zero-order valence-corrected chi connectivity index (χ0v) is 16.0. The summed E-state index contributed by atoms with van der Waals surface area (Å²) >= 11 is 0. The predicted molar refractivity (Wildman–Crippen MR) is 108 cm³/mol. The van der Waals surface area contributed by atoms with Crippen molar-refractivity contribution in [1.29, 1.82) is 0 Å². The molecule has 0 saturated carbocycles. The van der Waals surface area contributed by atoms with Gasteiger partial charge in [-0.3, -0.25) is 9.59 Å². The fraction of sp³-hybridized carbons (Fsp3) is 0.200. The zero-order valence-electron chi connectivity index (χ0n) is 16.0. The number of aliphatic hydroxyl groups is 1. The minimum Gasteiger partial charge on any atom is -0.395 e. The summed E-state index contributed by atoms with van der Waals surface area (Å²) in [7, 11) is 0. The van der Waals surface area contributed by atoms with E-state index >= 15 is 0 Å². The van der Waals surface area contributed by atoms with E-state index in [0.29, 0.717) is 5.69 Å². The summed E-state index contributed by atoms with van der Waals surface area (Å²) in [6.45, 7) is -0.273. The third kappa shape index (κ3) is 1.89. The van der Waals surface area contributed by atoms with Gasteiger partial charge in [-0.25, -0.2) is 9.29 Å². The molecule has 0 radical (unpaired) electrons. The van der Waals surface area contributed by atoms with Crippen molar-refractivity contribution in [2.45, 2.75) is 11.3 Å². The topological polar surface area (TPSA) is 57.6 Å². The van der Waals surface area contributed by atoms with E-state index in [-0.39, 0.29) is 24.3 Å². The molecule has 1 N–H and O–H groups in total. The molecule has 1 aliphatic heterocycles. The van der Waals surface area contributed by atoms with Crippen LogP contribution in [-0.4, -0.2) is 23.5 Å². The van der Waals surface area contributed by atoms with Gasteiger partial charge in [-0.15, -0.1) is 0 Å². The summed E-state index contributed by atoms with van der Waals surface area (Å²) < 4.78 is 13.5. The Kier molecular flexibility index (Phi) is 3.43. The molecular weight excluding hydrogens is 381 g/mol. The van der Waals surface area contributed by atoms with Crippen molar-refractivity contribution >= 4 is 17.5 Å². The Morgan fingerprint density at radius 2 is 1.40 bits per heavy atom. The summed E-state index contributed by atoms with van der Waals surface area (Å²) in [5.74, 6) is -2.60. The van der Waals surface area contributed by atoms with Crippen LogP contribution >= 0.6 is 0 Å². The van der Waals surface area contributed by atoms with Gasteiger partial charge in [0.05, 0.1) is 29.5 Å². The van der Waals surface area contributed by atoms with Crippen LogP contribution in [0.4, 0.5) is 10.1 Å². The Balaban J connectivity index is 1.63. The minimum absolute atomic E-state index is 0.252. The van der Waals surface area contributed by atoms with E-state index in [1.807, 2.05) is 48.5 Å². The molecule has 1 fully saturated rings. The molecule has 1 heterocycles. The Morgan fingerprint density at radius 3 is 1.97 bits per heavy atom. The average Bonchev–Trinajstić information content (AvgIpc) is 3.05. The molecule has 2 bridgehead atoms. The highest BCUT2D eigenvalue weighted by Crippen LogP contribution is 2.64. The first-order chi connectivity index (χ1) is 14.6. The number of hydrogen-bond acceptors (Lipinski definition) is 3. The molecule has 3 aliphatic carbocycles. The van der Waals surface area contributed by atoms with Gasteiger partial charge in [-0.05, 0) is 46.5 Å². The van der Waals surface area contributed by atoms with Gasteiger partial charge in [0.25, 0.3) is 0 Å². The lowest BCUT2D eigenvalue weighted by Crippen LogP contribution is -2.55. The van der Waals surface area contributed by atoms with Crippen LogP contribution in [0.3, 0.4) is 0 Å². The monoisotopic (exact) mass is 399 g/mol. The van der Waals surface area contributed by atoms with Crippen molar-refractivity contribution in [2.24, 2.45) is 11.8 Å². The number of carbonyl (C=O) groups excluding carboxylic acids is 2. The second kappa shape index (κ2) is 5.86. The van der Waals surface area contributed by atoms with Crippen LogP contribution in [0.2, 0.25) is 0 Å². The van der Waals surface area contributed by atoms with Crippen LogP contribution in [-0.2, 0) is 15.0 Å². The van der Waals surface area contributed by atoms with Gasteiger partial charge < -0.3 is 5.11 Å². The van der Waals surface area contributed by atoms with Crippen molar-refractivity contribution < 1.29 is 19.1 Å². The zero-order chi connectivity index (χ0) is 20.6. The third-order valence-electron chi connectivity index (χ3n) is 7.13. The van der Waals surface area contributed by atoms with Gasteiger partial charge in [0.1, 0.15) is 5.82 Å². The van der Waals surface area contributed by atoms with Crippen LogP contribution in [0.5, 0.6) is 0 Å². The minimum atomic E-state index is -0.978. The van der Waals surface area contributed by atoms with Crippen molar-refractivity contribution in [3.63, 3.8) is 0 Å². The van der Waals surface area contributed by atoms with E-state index in [2.05, 4.69) is 0 Å². The number of hydrogen-bond donors (Lipinski definition) is 1. The molecule has 1 saturated heterocycles. The number of halogens is 1. The Morgan fingerprint density at radius 1 is 0.833 bits per heavy atom. The number of amides is 2. The van der Waals surface area contributed by atoms with E-state index in [9.17, 15) is 19.1 Å². The molecule has 2 amide bonds. The summed E-state index contributed by atoms with van der Waals surface area (Å²) in [6.07, 6.45) is 0. The maximum Gasteiger partial charge on any atom is 0.239 e. The average molecular weight is 399 g/mol. The highest BCUT2D eigenvalue weighted by Gasteiger charge is 2.68. The number of nitrogens with zero attached hydrogens (tertiary/aromatic N) is 1. The van der Waals surface area contributed by atoms with Crippen LogP contribution in [0.15, 0.2) is 72.8 Å². The molecule has 0 aromatic heterocycles. The van der Waals surface area contributed by atoms with Gasteiger partial charge in [0, 0.05) is 5.92 Å². The largest absolute Gasteiger partial charge is 0.395 e. The van der Waals surface area contributed by atoms with E-state index in [1.54, 1.807) is 0 Å². The maximum atomic E-state index is 13.7. The summed E-state index contributed by atoms with van der Waals surface area (Å²) in [6, 6.07) is 21.0. The lowest BCUT2D eigenvalue weighted by Gasteiger charge is -2.53. The number of anilines is 1. The number of rotatable bonds is 2. The van der Waals surface area contributed by atoms with Crippen molar-refractivity contribution in [3.8, 4) is 0 Å². The summed E-state index contributed by atoms with van der Waals surface area (Å²) in [4.78, 5) is 28.5. The van der Waals surface area contributed by atoms with Gasteiger partial charge in [0.2, 0.25) is 11.8 Å². The molecule has 148 valence electrons. The summed E-state index contributed by atoms with van der Waals surface area (Å²) in [5.41, 5.74) is 3.21. The molecule has 4 nitrogen and oxygen atoms in total. The molecule has 4 aliphatic rings. The van der Waals surface area contributed by atoms with E-state index in [0.717, 1.165) is 22.3 Å². The first kappa shape index (κ1) is 17.5. The standard InChI is InChI=1S/C25H18FNO3/c26-14-9-11-15(12-10-14)27-23(29)21-20-16-5-1-3-7-18(16)25(13-28,22(21)24(27)30)19-8-4-2-6-17(19)20/h1-12,20-22,28H,13H2. The predicted octanol–water partition coefficient (Wildman–Crippen LogP) is 3.37. The fourth-order valence-corrected chi connectivity index (χ4v) is 6.04. The highest BCUT2D eigenvalue weighted by atomic mass is 19.1. The van der Waals surface area contributed by atoms with E-state index < -0.39 is 23.1 Å². The maximum absolute atomic E-state index is 13.7. The van der Waals surface area contributed by atoms with Gasteiger partial charge in [0.15, 0.2) is 0 Å². The van der Waals surface area contributed by atoms with Gasteiger partial charge >= 0.3 is 0 Å². The molecule has 3 aromatic rings. The third-order valence-corrected chi connectivity index (χ3v) is 7.13. The molecule has 5 heteroatoms. The lowest BCUT2D eigenvalue weighted by atomic mass is 9.47. The molecule has 30 heavy (non-hydrogen) atoms. The molecule has 7 rings (SSSR count). The van der Waals surface area contributed by atoms with E-state index in [1.165, 1.54) is 29.2 Å². The van der Waals surface area contributed by atoms with Crippen LogP contribution in [0, 0.1) is 17.7 Å². The van der Waals surface area contributed by atoms with Crippen LogP contribution in [0.25, 0.3) is 0 Å². The highest BCUT2D eigenvalue weighted by molar-refractivity contribution is 6.23. The number of aliphatic hydroxyl groups excluding tert-OH is 1. The Hall–Kier alpha value is -3.31. The normalized spacial score (nSPS) is 28.3. The lowest BCUT2D eigenvalue weighted by molar-refractivity contribution is -0.124. The smallest absolute Gasteiger partial charge is 0.239 e. The van der Waals surface area contributed by atoms with Crippen molar-refractivity contribution in [3.05, 3.63) is 101 Å². The molecule has 2 atom stereocenters. The van der Waals surface area contributed by atoms with Gasteiger partial charge in [-0.2, -0.15) is 0 Å². The van der Waals surface area contributed by atoms with Gasteiger partial charge in [-0.1, -0.05) is 48.5 Å². The molecule has 3 aromatic carbocycles. The van der Waals surface area contributed by atoms with E-state index in [4.69, 9.17) is 0 Å². The second-order valence-corrected chi connectivity index (χ2v) is 8.27. The van der Waals surface area contributed by atoms with Crippen LogP contribution in [0.1, 0.15) is 28.2 Å². The Labute approximate surface area is 172 Å². The Bertz CT molecular complexity index is 1170. The van der Waals surface area contributed by atoms with Crippen LogP contribution < -0.4 is 4.90 Å². The fourth-order valence-electron chi connectivity index (χ4n) is 6.04. The van der Waals surface area contributed by atoms with Crippen molar-refractivity contribution in [1.82, 2.24) is 0 Å². The second-order valence-electron chi connectivity index (χ2n) is 8.27. The quantitative estimate of drug-likeness (QED) is 0.673. The first-order valence-corrected chi connectivity index (χ1v) is 10.0. The van der Waals surface area contributed by atoms with Crippen molar-refractivity contribution in [2.75, 3.05) is 11.5 Å². The first-order valence-electron chi connectivity index (χ1n) is 10.0. The molecule has 2 unspecified atom stereocenters. The summed E-state index contributed by atoms with van der Waals surface area (Å²) in [5, 5.41) is 10.8.